The van der Waals surface area contributed by atoms with Gasteiger partial charge >= 0.3 is 0 Å². The molecule has 0 bridgehead atoms. The van der Waals surface area contributed by atoms with E-state index in [1.807, 2.05) is 13.0 Å². The Kier molecular flexibility index (Phi) is 4.18. The lowest BCUT2D eigenvalue weighted by molar-refractivity contribution is 0.757. The van der Waals surface area contributed by atoms with Crippen LogP contribution in [0.1, 0.15) is 38.4 Å². The summed E-state index contributed by atoms with van der Waals surface area (Å²) >= 11 is 0. The maximum Gasteiger partial charge on any atom is 0.131 e. The van der Waals surface area contributed by atoms with Crippen LogP contribution in [0.5, 0.6) is 0 Å². The van der Waals surface area contributed by atoms with Gasteiger partial charge in [0.15, 0.2) is 0 Å². The quantitative estimate of drug-likeness (QED) is 0.761. The molecule has 0 amide bonds. The number of aromatic nitrogens is 2. The smallest absolute Gasteiger partial charge is 0.131 e. The van der Waals surface area contributed by atoms with Crippen LogP contribution < -0.4 is 10.6 Å². The Morgan fingerprint density at radius 3 is 2.41 bits per heavy atom. The molecular weight excluding hydrogens is 212 g/mol. The van der Waals surface area contributed by atoms with Gasteiger partial charge in [0.25, 0.3) is 0 Å². The van der Waals surface area contributed by atoms with Crippen molar-refractivity contribution in [2.45, 2.75) is 39.5 Å². The third-order valence-corrected chi connectivity index (χ3v) is 2.95. The molecule has 1 heterocycles. The molecule has 4 nitrogen and oxygen atoms in total. The second kappa shape index (κ2) is 5.84. The molecule has 1 aliphatic carbocycles. The van der Waals surface area contributed by atoms with E-state index in [1.54, 1.807) is 0 Å². The molecule has 0 radical (unpaired) electrons. The molecule has 0 saturated heterocycles. The normalized spacial score (nSPS) is 14.7. The van der Waals surface area contributed by atoms with Gasteiger partial charge in [0.1, 0.15) is 17.5 Å². The molecule has 0 unspecified atom stereocenters. The highest BCUT2D eigenvalue weighted by molar-refractivity contribution is 5.47. The van der Waals surface area contributed by atoms with Crippen LogP contribution in [0.3, 0.4) is 0 Å². The molecule has 1 aromatic heterocycles. The van der Waals surface area contributed by atoms with Crippen LogP contribution in [0, 0.1) is 12.8 Å². The molecule has 1 saturated carbocycles. The molecule has 4 heteroatoms. The number of anilines is 2. The highest BCUT2D eigenvalue weighted by Gasteiger charge is 2.20. The lowest BCUT2D eigenvalue weighted by Gasteiger charge is -2.09. The summed E-state index contributed by atoms with van der Waals surface area (Å²) in [4.78, 5) is 8.76. The van der Waals surface area contributed by atoms with Gasteiger partial charge in [-0.15, -0.1) is 0 Å². The van der Waals surface area contributed by atoms with E-state index in [4.69, 9.17) is 0 Å². The molecule has 0 aliphatic heterocycles. The fourth-order valence-corrected chi connectivity index (χ4v) is 1.81. The molecule has 0 atom stereocenters. The number of rotatable bonds is 7. The monoisotopic (exact) mass is 234 g/mol. The van der Waals surface area contributed by atoms with E-state index >= 15 is 0 Å². The summed E-state index contributed by atoms with van der Waals surface area (Å²) in [5, 5.41) is 6.68. The van der Waals surface area contributed by atoms with E-state index in [0.29, 0.717) is 0 Å². The van der Waals surface area contributed by atoms with Gasteiger partial charge in [0, 0.05) is 19.2 Å². The van der Waals surface area contributed by atoms with Crippen LogP contribution in [0.4, 0.5) is 11.6 Å². The van der Waals surface area contributed by atoms with Gasteiger partial charge in [0.2, 0.25) is 0 Å². The van der Waals surface area contributed by atoms with Crippen molar-refractivity contribution >= 4 is 11.6 Å². The van der Waals surface area contributed by atoms with Gasteiger partial charge in [-0.1, -0.05) is 19.8 Å². The molecule has 2 N–H and O–H groups in total. The van der Waals surface area contributed by atoms with E-state index in [0.717, 1.165) is 42.9 Å². The second-order valence-electron chi connectivity index (χ2n) is 4.77. The summed E-state index contributed by atoms with van der Waals surface area (Å²) in [7, 11) is 0. The third-order valence-electron chi connectivity index (χ3n) is 2.95. The summed E-state index contributed by atoms with van der Waals surface area (Å²) in [5.41, 5.74) is 0. The van der Waals surface area contributed by atoms with Gasteiger partial charge in [-0.05, 0) is 25.7 Å². The molecule has 1 aliphatic rings. The van der Waals surface area contributed by atoms with Gasteiger partial charge in [0.05, 0.1) is 0 Å². The standard InChI is InChI=1S/C13H22N4/c1-3-7-14-12-9-13(17-10(2)16-12)15-8-6-11-4-5-11/h9,11H,3-8H2,1-2H3,(H2,14,15,16,17). The van der Waals surface area contributed by atoms with Gasteiger partial charge in [-0.2, -0.15) is 0 Å². The molecule has 94 valence electrons. The number of nitrogens with one attached hydrogen (secondary N) is 2. The largest absolute Gasteiger partial charge is 0.370 e. The zero-order valence-corrected chi connectivity index (χ0v) is 10.8. The predicted octanol–water partition coefficient (Wildman–Crippen LogP) is 2.82. The van der Waals surface area contributed by atoms with Crippen LogP contribution >= 0.6 is 0 Å². The second-order valence-corrected chi connectivity index (χ2v) is 4.77. The first kappa shape index (κ1) is 12.1. The average molecular weight is 234 g/mol. The van der Waals surface area contributed by atoms with E-state index < -0.39 is 0 Å². The minimum Gasteiger partial charge on any atom is -0.370 e. The molecule has 17 heavy (non-hydrogen) atoms. The Morgan fingerprint density at radius 1 is 1.18 bits per heavy atom. The zero-order valence-electron chi connectivity index (χ0n) is 10.8. The highest BCUT2D eigenvalue weighted by Crippen LogP contribution is 2.32. The third kappa shape index (κ3) is 4.21. The first-order valence-corrected chi connectivity index (χ1v) is 6.61. The minimum absolute atomic E-state index is 0.819. The van der Waals surface area contributed by atoms with Crippen LogP contribution in [-0.4, -0.2) is 23.1 Å². The maximum atomic E-state index is 4.40. The van der Waals surface area contributed by atoms with Crippen LogP contribution in [0.25, 0.3) is 0 Å². The van der Waals surface area contributed by atoms with E-state index in [2.05, 4.69) is 27.5 Å². The van der Waals surface area contributed by atoms with Crippen molar-refractivity contribution in [2.24, 2.45) is 5.92 Å². The molecule has 2 rings (SSSR count). The van der Waals surface area contributed by atoms with Crippen LogP contribution in [0.15, 0.2) is 6.07 Å². The van der Waals surface area contributed by atoms with Crippen LogP contribution in [0.2, 0.25) is 0 Å². The summed E-state index contributed by atoms with van der Waals surface area (Å²) < 4.78 is 0. The molecule has 0 aromatic carbocycles. The summed E-state index contributed by atoms with van der Waals surface area (Å²) in [5.74, 6) is 3.65. The summed E-state index contributed by atoms with van der Waals surface area (Å²) in [6.07, 6.45) is 5.19. The van der Waals surface area contributed by atoms with Crippen molar-refractivity contribution in [2.75, 3.05) is 23.7 Å². The van der Waals surface area contributed by atoms with Crippen molar-refractivity contribution in [1.29, 1.82) is 0 Å². The lowest BCUT2D eigenvalue weighted by Crippen LogP contribution is -2.08. The number of nitrogens with zero attached hydrogens (tertiary/aromatic N) is 2. The van der Waals surface area contributed by atoms with Gasteiger partial charge < -0.3 is 10.6 Å². The van der Waals surface area contributed by atoms with E-state index in [9.17, 15) is 0 Å². The average Bonchev–Trinajstić information content (AvgIpc) is 3.10. The summed E-state index contributed by atoms with van der Waals surface area (Å²) in [6, 6.07) is 2.00. The first-order chi connectivity index (χ1) is 8.28. The van der Waals surface area contributed by atoms with Gasteiger partial charge in [-0.3, -0.25) is 0 Å². The number of hydrogen-bond acceptors (Lipinski definition) is 4. The molecule has 0 spiro atoms. The Labute approximate surface area is 103 Å². The number of aryl methyl sites for hydroxylation is 1. The maximum absolute atomic E-state index is 4.40. The minimum atomic E-state index is 0.819. The zero-order chi connectivity index (χ0) is 12.1. The van der Waals surface area contributed by atoms with Crippen molar-refractivity contribution in [3.63, 3.8) is 0 Å². The van der Waals surface area contributed by atoms with Crippen molar-refractivity contribution in [3.05, 3.63) is 11.9 Å². The fourth-order valence-electron chi connectivity index (χ4n) is 1.81. The van der Waals surface area contributed by atoms with Gasteiger partial charge in [-0.25, -0.2) is 9.97 Å². The van der Waals surface area contributed by atoms with Crippen molar-refractivity contribution in [3.8, 4) is 0 Å². The van der Waals surface area contributed by atoms with Crippen molar-refractivity contribution < 1.29 is 0 Å². The Morgan fingerprint density at radius 2 is 1.82 bits per heavy atom. The van der Waals surface area contributed by atoms with Crippen LogP contribution in [-0.2, 0) is 0 Å². The summed E-state index contributed by atoms with van der Waals surface area (Å²) in [6.45, 7) is 6.06. The molecule has 1 aromatic rings. The SMILES string of the molecule is CCCNc1cc(NCCC2CC2)nc(C)n1. The molecular formula is C13H22N4. The van der Waals surface area contributed by atoms with Crippen molar-refractivity contribution in [1.82, 2.24) is 9.97 Å². The lowest BCUT2D eigenvalue weighted by atomic mass is 10.3. The Balaban J connectivity index is 1.87. The van der Waals surface area contributed by atoms with E-state index in [-0.39, 0.29) is 0 Å². The molecule has 1 fully saturated rings. The van der Waals surface area contributed by atoms with E-state index in [1.165, 1.54) is 19.3 Å². The highest BCUT2D eigenvalue weighted by atomic mass is 15.1. The predicted molar refractivity (Wildman–Crippen MR) is 71.4 cm³/mol. The fraction of sp³-hybridized carbons (Fsp3) is 0.692. The Hall–Kier alpha value is -1.32. The Bertz CT molecular complexity index is 360. The first-order valence-electron chi connectivity index (χ1n) is 6.61. The topological polar surface area (TPSA) is 49.8 Å². The number of hydrogen-bond donors (Lipinski definition) is 2.